The Hall–Kier alpha value is -1.74. The van der Waals surface area contributed by atoms with Crippen LogP contribution in [0.1, 0.15) is 52.2 Å². The molecule has 120 valence electrons. The summed E-state index contributed by atoms with van der Waals surface area (Å²) in [4.78, 5) is 0. The van der Waals surface area contributed by atoms with Crippen molar-refractivity contribution < 1.29 is 14.6 Å². The minimum atomic E-state index is -0.309. The molecule has 0 spiro atoms. The Kier molecular flexibility index (Phi) is 4.97. The van der Waals surface area contributed by atoms with E-state index < -0.39 is 0 Å². The Labute approximate surface area is 133 Å². The third kappa shape index (κ3) is 3.36. The molecule has 0 bridgehead atoms. The van der Waals surface area contributed by atoms with Crippen molar-refractivity contribution in [3.8, 4) is 11.5 Å². The Morgan fingerprint density at radius 2 is 2.05 bits per heavy atom. The minimum Gasteiger partial charge on any atom is -0.493 e. The first-order valence-corrected chi connectivity index (χ1v) is 7.91. The smallest absolute Gasteiger partial charge is 0.131 e. The van der Waals surface area contributed by atoms with Gasteiger partial charge >= 0.3 is 0 Å². The van der Waals surface area contributed by atoms with Crippen molar-refractivity contribution in [3.05, 3.63) is 35.4 Å². The second-order valence-corrected chi connectivity index (χ2v) is 6.08. The van der Waals surface area contributed by atoms with E-state index in [1.165, 1.54) is 5.57 Å². The van der Waals surface area contributed by atoms with Gasteiger partial charge in [0.2, 0.25) is 0 Å². The van der Waals surface area contributed by atoms with Crippen LogP contribution < -0.4 is 9.47 Å². The molecule has 1 heterocycles. The van der Waals surface area contributed by atoms with Gasteiger partial charge in [-0.3, -0.25) is 0 Å². The van der Waals surface area contributed by atoms with E-state index in [1.54, 1.807) is 0 Å². The Bertz CT molecular complexity index is 609. The molecule has 0 amide bonds. The molecule has 0 radical (unpaired) electrons. The van der Waals surface area contributed by atoms with Crippen molar-refractivity contribution in [1.82, 2.24) is 0 Å². The second-order valence-electron chi connectivity index (χ2n) is 6.08. The number of benzene rings is 1. The van der Waals surface area contributed by atoms with Crippen LogP contribution in [0.5, 0.6) is 11.5 Å². The molecule has 0 aliphatic carbocycles. The van der Waals surface area contributed by atoms with Gasteiger partial charge in [-0.2, -0.15) is 0 Å². The molecule has 1 aromatic rings. The predicted octanol–water partition coefficient (Wildman–Crippen LogP) is 4.45. The summed E-state index contributed by atoms with van der Waals surface area (Å²) in [5.74, 6) is 1.67. The molecular formula is C19H26O3. The van der Waals surface area contributed by atoms with Crippen molar-refractivity contribution in [3.63, 3.8) is 0 Å². The monoisotopic (exact) mass is 302 g/mol. The number of rotatable bonds is 5. The summed E-state index contributed by atoms with van der Waals surface area (Å²) in [6.45, 7) is 10.9. The predicted molar refractivity (Wildman–Crippen MR) is 91.3 cm³/mol. The number of aliphatic hydroxyl groups is 1. The molecule has 1 aliphatic rings. The van der Waals surface area contributed by atoms with Gasteiger partial charge in [0, 0.05) is 17.2 Å². The zero-order valence-corrected chi connectivity index (χ0v) is 14.2. The van der Waals surface area contributed by atoms with E-state index >= 15 is 0 Å². The van der Waals surface area contributed by atoms with E-state index in [9.17, 15) is 5.11 Å². The van der Waals surface area contributed by atoms with Gasteiger partial charge in [-0.1, -0.05) is 13.0 Å². The van der Waals surface area contributed by atoms with Crippen LogP contribution in [0.2, 0.25) is 0 Å². The van der Waals surface area contributed by atoms with Gasteiger partial charge in [0.15, 0.2) is 0 Å². The first-order valence-electron chi connectivity index (χ1n) is 7.91. The molecule has 1 aliphatic heterocycles. The van der Waals surface area contributed by atoms with E-state index in [0.29, 0.717) is 6.61 Å². The fraction of sp³-hybridized carbons (Fsp3) is 0.474. The molecule has 1 aromatic carbocycles. The quantitative estimate of drug-likeness (QED) is 0.873. The highest BCUT2D eigenvalue weighted by molar-refractivity contribution is 5.80. The van der Waals surface area contributed by atoms with E-state index in [1.807, 2.05) is 19.1 Å². The fourth-order valence-electron chi connectivity index (χ4n) is 2.95. The molecule has 3 nitrogen and oxygen atoms in total. The van der Waals surface area contributed by atoms with Crippen LogP contribution >= 0.6 is 0 Å². The molecule has 0 atom stereocenters. The van der Waals surface area contributed by atoms with Gasteiger partial charge in [-0.15, -0.1) is 0 Å². The van der Waals surface area contributed by atoms with E-state index in [4.69, 9.17) is 9.47 Å². The van der Waals surface area contributed by atoms with Crippen molar-refractivity contribution in [1.29, 1.82) is 0 Å². The maximum absolute atomic E-state index is 9.26. The lowest BCUT2D eigenvalue weighted by Gasteiger charge is -2.31. The van der Waals surface area contributed by atoms with Crippen LogP contribution in [0.25, 0.3) is 11.1 Å². The van der Waals surface area contributed by atoms with E-state index in [2.05, 4.69) is 39.8 Å². The summed E-state index contributed by atoms with van der Waals surface area (Å²) >= 11 is 0. The molecular weight excluding hydrogens is 276 g/mol. The third-order valence-electron chi connectivity index (χ3n) is 3.81. The lowest BCUT2D eigenvalue weighted by molar-refractivity contribution is 0.157. The van der Waals surface area contributed by atoms with E-state index in [0.717, 1.165) is 34.6 Å². The van der Waals surface area contributed by atoms with E-state index in [-0.39, 0.29) is 12.2 Å². The van der Waals surface area contributed by atoms with Gasteiger partial charge in [0.1, 0.15) is 17.1 Å². The normalized spacial score (nSPS) is 16.6. The Morgan fingerprint density at radius 1 is 1.32 bits per heavy atom. The summed E-state index contributed by atoms with van der Waals surface area (Å²) < 4.78 is 11.9. The molecule has 0 unspecified atom stereocenters. The topological polar surface area (TPSA) is 38.7 Å². The highest BCUT2D eigenvalue weighted by atomic mass is 16.5. The van der Waals surface area contributed by atoms with Crippen molar-refractivity contribution in [2.24, 2.45) is 0 Å². The summed E-state index contributed by atoms with van der Waals surface area (Å²) in [6.07, 6.45) is 4.83. The van der Waals surface area contributed by atoms with Crippen LogP contribution in [-0.4, -0.2) is 23.9 Å². The van der Waals surface area contributed by atoms with Crippen molar-refractivity contribution in [2.75, 3.05) is 13.2 Å². The van der Waals surface area contributed by atoms with Gasteiger partial charge in [0.05, 0.1) is 13.2 Å². The molecule has 3 heteroatoms. The van der Waals surface area contributed by atoms with Crippen molar-refractivity contribution in [2.45, 2.75) is 46.6 Å². The number of hydrogen-bond acceptors (Lipinski definition) is 3. The number of fused-ring (bicyclic) bond motifs is 1. The Morgan fingerprint density at radius 3 is 2.64 bits per heavy atom. The summed E-state index contributed by atoms with van der Waals surface area (Å²) in [5, 5.41) is 9.26. The SMILES string of the molecule is CCOc1cc2c(cc1C(=CCO)CC)C(C)=CC(C)(C)O2. The second kappa shape index (κ2) is 6.57. The number of hydrogen-bond donors (Lipinski definition) is 1. The number of ether oxygens (including phenoxy) is 2. The number of aliphatic hydroxyl groups excluding tert-OH is 1. The minimum absolute atomic E-state index is 0.0319. The third-order valence-corrected chi connectivity index (χ3v) is 3.81. The molecule has 2 rings (SSSR count). The first kappa shape index (κ1) is 16.6. The molecule has 0 saturated heterocycles. The fourth-order valence-corrected chi connectivity index (χ4v) is 2.95. The van der Waals surface area contributed by atoms with Crippen LogP contribution in [0.3, 0.4) is 0 Å². The number of allylic oxidation sites excluding steroid dienone is 2. The summed E-state index contributed by atoms with van der Waals surface area (Å²) in [6, 6.07) is 4.10. The standard InChI is InChI=1S/C19H26O3/c1-6-14(8-9-20)16-10-15-13(3)12-19(4,5)22-18(15)11-17(16)21-7-2/h8,10-12,20H,6-7,9H2,1-5H3. The zero-order chi connectivity index (χ0) is 16.3. The largest absolute Gasteiger partial charge is 0.493 e. The molecule has 0 fully saturated rings. The molecule has 0 aromatic heterocycles. The highest BCUT2D eigenvalue weighted by Crippen LogP contribution is 2.42. The average molecular weight is 302 g/mol. The van der Waals surface area contributed by atoms with Crippen LogP contribution in [0.15, 0.2) is 24.3 Å². The van der Waals surface area contributed by atoms with Gasteiger partial charge in [-0.25, -0.2) is 0 Å². The van der Waals surface area contributed by atoms with Gasteiger partial charge in [-0.05, 0) is 57.4 Å². The highest BCUT2D eigenvalue weighted by Gasteiger charge is 2.26. The molecule has 0 saturated carbocycles. The van der Waals surface area contributed by atoms with Crippen LogP contribution in [0.4, 0.5) is 0 Å². The lowest BCUT2D eigenvalue weighted by atomic mass is 9.91. The summed E-state index contributed by atoms with van der Waals surface area (Å²) in [7, 11) is 0. The molecule has 1 N–H and O–H groups in total. The average Bonchev–Trinajstić information content (AvgIpc) is 2.43. The maximum Gasteiger partial charge on any atom is 0.131 e. The van der Waals surface area contributed by atoms with Crippen molar-refractivity contribution >= 4 is 11.1 Å². The lowest BCUT2D eigenvalue weighted by Crippen LogP contribution is -2.28. The maximum atomic E-state index is 9.26. The van der Waals surface area contributed by atoms with Gasteiger partial charge in [0.25, 0.3) is 0 Å². The summed E-state index contributed by atoms with van der Waals surface area (Å²) in [5.41, 5.74) is 4.11. The van der Waals surface area contributed by atoms with Crippen LogP contribution in [0, 0.1) is 0 Å². The Balaban J connectivity index is 2.61. The van der Waals surface area contributed by atoms with Crippen LogP contribution in [-0.2, 0) is 0 Å². The van der Waals surface area contributed by atoms with Gasteiger partial charge < -0.3 is 14.6 Å². The molecule has 22 heavy (non-hydrogen) atoms. The first-order chi connectivity index (χ1) is 10.4. The zero-order valence-electron chi connectivity index (χ0n) is 14.2.